The van der Waals surface area contributed by atoms with Crippen LogP contribution < -0.4 is 5.56 Å². The molecule has 3 rings (SSSR count). The van der Waals surface area contributed by atoms with Gasteiger partial charge in [-0.15, -0.1) is 22.9 Å². The van der Waals surface area contributed by atoms with E-state index in [4.69, 9.17) is 11.6 Å². The number of aromatic amines is 1. The van der Waals surface area contributed by atoms with Crippen LogP contribution in [-0.4, -0.2) is 19.7 Å². The van der Waals surface area contributed by atoms with Crippen molar-refractivity contribution >= 4 is 33.2 Å². The van der Waals surface area contributed by atoms with Gasteiger partial charge in [-0.1, -0.05) is 6.92 Å². The van der Waals surface area contributed by atoms with Gasteiger partial charge >= 0.3 is 0 Å². The third kappa shape index (κ3) is 2.05. The van der Waals surface area contributed by atoms with Gasteiger partial charge in [0.05, 0.1) is 16.5 Å². The smallest absolute Gasteiger partial charge is 0.260 e. The molecule has 104 valence electrons. The van der Waals surface area contributed by atoms with Crippen LogP contribution in [-0.2, 0) is 7.05 Å². The van der Waals surface area contributed by atoms with Gasteiger partial charge in [-0.2, -0.15) is 5.10 Å². The molecule has 0 aromatic carbocycles. The Balaban J connectivity index is 2.24. The lowest BCUT2D eigenvalue weighted by molar-refractivity contribution is 0.776. The van der Waals surface area contributed by atoms with E-state index in [0.29, 0.717) is 16.0 Å². The van der Waals surface area contributed by atoms with Gasteiger partial charge in [-0.05, 0) is 12.5 Å². The molecular formula is C13H13ClN4OS. The third-order valence-corrected chi connectivity index (χ3v) is 4.60. The SMILES string of the molecule is CCC(Cl)c1nc2scc(-c3ccnn3C)c2c(=O)[nH]1. The second-order valence-corrected chi connectivity index (χ2v) is 5.88. The molecule has 0 spiro atoms. The summed E-state index contributed by atoms with van der Waals surface area (Å²) in [5.74, 6) is 0.532. The first-order valence-corrected chi connectivity index (χ1v) is 7.57. The summed E-state index contributed by atoms with van der Waals surface area (Å²) in [5, 5.41) is 6.40. The molecule has 0 aliphatic heterocycles. The van der Waals surface area contributed by atoms with Crippen LogP contribution in [0.4, 0.5) is 0 Å². The Morgan fingerprint density at radius 2 is 2.35 bits per heavy atom. The van der Waals surface area contributed by atoms with Crippen molar-refractivity contribution in [1.82, 2.24) is 19.7 Å². The van der Waals surface area contributed by atoms with E-state index in [1.54, 1.807) is 10.9 Å². The molecule has 20 heavy (non-hydrogen) atoms. The Hall–Kier alpha value is -1.66. The maximum Gasteiger partial charge on any atom is 0.260 e. The highest BCUT2D eigenvalue weighted by molar-refractivity contribution is 7.17. The van der Waals surface area contributed by atoms with Crippen molar-refractivity contribution < 1.29 is 0 Å². The topological polar surface area (TPSA) is 63.6 Å². The maximum atomic E-state index is 12.3. The van der Waals surface area contributed by atoms with Crippen molar-refractivity contribution in [2.75, 3.05) is 0 Å². The molecule has 0 saturated heterocycles. The summed E-state index contributed by atoms with van der Waals surface area (Å²) in [6.45, 7) is 1.96. The molecule has 3 aromatic heterocycles. The van der Waals surface area contributed by atoms with Gasteiger partial charge in [0.1, 0.15) is 10.7 Å². The van der Waals surface area contributed by atoms with Crippen molar-refractivity contribution in [2.45, 2.75) is 18.7 Å². The standard InChI is InChI=1S/C13H13ClN4OS/c1-3-8(14)11-16-12(19)10-7(6-20-13(10)17-11)9-4-5-15-18(9)2/h4-6,8H,3H2,1-2H3,(H,16,17,19). The highest BCUT2D eigenvalue weighted by Crippen LogP contribution is 2.31. The molecule has 1 N–H and O–H groups in total. The Kier molecular flexibility index (Phi) is 3.35. The Morgan fingerprint density at radius 3 is 3.00 bits per heavy atom. The summed E-state index contributed by atoms with van der Waals surface area (Å²) in [6.07, 6.45) is 2.43. The fraction of sp³-hybridized carbons (Fsp3) is 0.308. The number of aryl methyl sites for hydroxylation is 1. The molecule has 0 aliphatic carbocycles. The number of thiophene rings is 1. The molecule has 7 heteroatoms. The lowest BCUT2D eigenvalue weighted by Gasteiger charge is -2.05. The molecule has 5 nitrogen and oxygen atoms in total. The van der Waals surface area contributed by atoms with Crippen LogP contribution in [0.5, 0.6) is 0 Å². The lowest BCUT2D eigenvalue weighted by atomic mass is 10.2. The zero-order valence-corrected chi connectivity index (χ0v) is 12.6. The summed E-state index contributed by atoms with van der Waals surface area (Å²) in [6, 6.07) is 1.88. The fourth-order valence-electron chi connectivity index (χ4n) is 2.13. The first kappa shape index (κ1) is 13.3. The van der Waals surface area contributed by atoms with Crippen LogP contribution in [0.25, 0.3) is 21.5 Å². The summed E-state index contributed by atoms with van der Waals surface area (Å²) in [5.41, 5.74) is 1.60. The first-order valence-electron chi connectivity index (χ1n) is 6.25. The van der Waals surface area contributed by atoms with E-state index in [0.717, 1.165) is 17.7 Å². The zero-order chi connectivity index (χ0) is 14.3. The van der Waals surface area contributed by atoms with Crippen molar-refractivity contribution in [3.63, 3.8) is 0 Å². The van der Waals surface area contributed by atoms with E-state index >= 15 is 0 Å². The van der Waals surface area contributed by atoms with Crippen molar-refractivity contribution in [3.8, 4) is 11.3 Å². The fourth-order valence-corrected chi connectivity index (χ4v) is 3.18. The number of alkyl halides is 1. The number of nitrogens with zero attached hydrogens (tertiary/aromatic N) is 3. The monoisotopic (exact) mass is 308 g/mol. The summed E-state index contributed by atoms with van der Waals surface area (Å²) in [4.78, 5) is 20.3. The van der Waals surface area contributed by atoms with E-state index in [1.807, 2.05) is 25.4 Å². The molecule has 0 bridgehead atoms. The minimum Gasteiger partial charge on any atom is -0.309 e. The average Bonchev–Trinajstić information content (AvgIpc) is 3.03. The van der Waals surface area contributed by atoms with Crippen molar-refractivity contribution in [3.05, 3.63) is 33.8 Å². The summed E-state index contributed by atoms with van der Waals surface area (Å²) < 4.78 is 1.74. The van der Waals surface area contributed by atoms with Crippen molar-refractivity contribution in [1.29, 1.82) is 0 Å². The van der Waals surface area contributed by atoms with Gasteiger partial charge in [0.25, 0.3) is 5.56 Å². The van der Waals surface area contributed by atoms with Crippen LogP contribution in [0.15, 0.2) is 22.4 Å². The van der Waals surface area contributed by atoms with Gasteiger partial charge < -0.3 is 4.98 Å². The molecular weight excluding hydrogens is 296 g/mol. The van der Waals surface area contributed by atoms with Gasteiger partial charge in [-0.25, -0.2) is 4.98 Å². The largest absolute Gasteiger partial charge is 0.309 e. The van der Waals surface area contributed by atoms with E-state index < -0.39 is 0 Å². The normalized spacial score (nSPS) is 12.9. The Morgan fingerprint density at radius 1 is 1.55 bits per heavy atom. The van der Waals surface area contributed by atoms with Gasteiger partial charge in [0.15, 0.2) is 0 Å². The Labute approximate surface area is 124 Å². The number of H-pyrrole nitrogens is 1. The highest BCUT2D eigenvalue weighted by atomic mass is 35.5. The number of hydrogen-bond acceptors (Lipinski definition) is 4. The first-order chi connectivity index (χ1) is 9.61. The van der Waals surface area contributed by atoms with Crippen LogP contribution >= 0.6 is 22.9 Å². The molecule has 0 radical (unpaired) electrons. The number of hydrogen-bond donors (Lipinski definition) is 1. The molecule has 0 fully saturated rings. The van der Waals surface area contributed by atoms with E-state index in [1.165, 1.54) is 11.3 Å². The summed E-state index contributed by atoms with van der Waals surface area (Å²) in [7, 11) is 1.85. The van der Waals surface area contributed by atoms with Gasteiger partial charge in [0.2, 0.25) is 0 Å². The average molecular weight is 309 g/mol. The van der Waals surface area contributed by atoms with E-state index in [2.05, 4.69) is 15.1 Å². The minimum atomic E-state index is -0.269. The number of halogens is 1. The number of nitrogens with one attached hydrogen (secondary N) is 1. The zero-order valence-electron chi connectivity index (χ0n) is 11.1. The van der Waals surface area contributed by atoms with Crippen LogP contribution in [0, 0.1) is 0 Å². The second kappa shape index (κ2) is 5.03. The van der Waals surface area contributed by atoms with E-state index in [9.17, 15) is 4.79 Å². The van der Waals surface area contributed by atoms with E-state index in [-0.39, 0.29) is 10.9 Å². The molecule has 3 heterocycles. The number of fused-ring (bicyclic) bond motifs is 1. The second-order valence-electron chi connectivity index (χ2n) is 4.50. The van der Waals surface area contributed by atoms with Crippen molar-refractivity contribution in [2.24, 2.45) is 7.05 Å². The van der Waals surface area contributed by atoms with Crippen LogP contribution in [0.2, 0.25) is 0 Å². The van der Waals surface area contributed by atoms with Gasteiger partial charge in [-0.3, -0.25) is 9.48 Å². The molecule has 3 aromatic rings. The summed E-state index contributed by atoms with van der Waals surface area (Å²) >= 11 is 7.60. The highest BCUT2D eigenvalue weighted by Gasteiger charge is 2.17. The lowest BCUT2D eigenvalue weighted by Crippen LogP contribution is -2.12. The predicted molar refractivity (Wildman–Crippen MR) is 81.3 cm³/mol. The van der Waals surface area contributed by atoms with Crippen LogP contribution in [0.1, 0.15) is 24.5 Å². The number of aromatic nitrogens is 4. The number of rotatable bonds is 3. The van der Waals surface area contributed by atoms with Crippen LogP contribution in [0.3, 0.4) is 0 Å². The molecule has 0 saturated carbocycles. The molecule has 0 amide bonds. The quantitative estimate of drug-likeness (QED) is 0.756. The van der Waals surface area contributed by atoms with Gasteiger partial charge in [0, 0.05) is 24.2 Å². The minimum absolute atomic E-state index is 0.151. The predicted octanol–water partition coefficient (Wildman–Crippen LogP) is 3.08. The third-order valence-electron chi connectivity index (χ3n) is 3.21. The maximum absolute atomic E-state index is 12.3. The molecule has 0 aliphatic rings. The Bertz CT molecular complexity index is 819. The molecule has 1 unspecified atom stereocenters. The molecule has 1 atom stereocenters.